The normalized spacial score (nSPS) is 11.8. The third-order valence-corrected chi connectivity index (χ3v) is 2.91. The minimum atomic E-state index is -0.552. The Morgan fingerprint density at radius 2 is 2.17 bits per heavy atom. The number of halogens is 2. The molecule has 0 unspecified atom stereocenters. The van der Waals surface area contributed by atoms with Crippen LogP contribution in [-0.4, -0.2) is 15.0 Å². The summed E-state index contributed by atoms with van der Waals surface area (Å²) in [4.78, 5) is 0. The average molecular weight is 269 g/mol. The van der Waals surface area contributed by atoms with Gasteiger partial charge in [-0.25, -0.2) is 9.07 Å². The molecule has 0 saturated carbocycles. The van der Waals surface area contributed by atoms with Gasteiger partial charge in [-0.3, -0.25) is 0 Å². The highest BCUT2D eigenvalue weighted by Crippen LogP contribution is 2.19. The number of nitrogens with two attached hydrogens (primary N) is 1. The highest BCUT2D eigenvalue weighted by molar-refractivity contribution is 6.31. The lowest BCUT2D eigenvalue weighted by Crippen LogP contribution is -2.29. The summed E-state index contributed by atoms with van der Waals surface area (Å²) >= 11 is 5.99. The molecule has 0 fully saturated rings. The number of nitrogens with zero attached hydrogens (tertiary/aromatic N) is 3. The van der Waals surface area contributed by atoms with Gasteiger partial charge in [-0.15, -0.1) is 5.10 Å². The van der Waals surface area contributed by atoms with Crippen molar-refractivity contribution in [3.05, 3.63) is 46.5 Å². The van der Waals surface area contributed by atoms with Gasteiger partial charge in [0.05, 0.1) is 18.3 Å². The molecule has 1 aromatic heterocycles. The fourth-order valence-corrected chi connectivity index (χ4v) is 1.69. The lowest BCUT2D eigenvalue weighted by atomic mass is 10.0. The van der Waals surface area contributed by atoms with Crippen LogP contribution < -0.4 is 5.73 Å². The largest absolute Gasteiger partial charge is 0.320 e. The van der Waals surface area contributed by atoms with E-state index in [9.17, 15) is 4.39 Å². The van der Waals surface area contributed by atoms with Crippen LogP contribution in [0.4, 0.5) is 4.39 Å². The molecule has 2 aromatic rings. The van der Waals surface area contributed by atoms with Crippen LogP contribution in [0, 0.1) is 5.82 Å². The predicted octanol–water partition coefficient (Wildman–Crippen LogP) is 2.31. The minimum absolute atomic E-state index is 0.325. The van der Waals surface area contributed by atoms with E-state index in [0.29, 0.717) is 22.8 Å². The Balaban J connectivity index is 2.24. The van der Waals surface area contributed by atoms with Crippen molar-refractivity contribution >= 4 is 11.6 Å². The van der Waals surface area contributed by atoms with Gasteiger partial charge in [-0.2, -0.15) is 0 Å². The van der Waals surface area contributed by atoms with Crippen LogP contribution in [-0.2, 0) is 12.1 Å². The SMILES string of the molecule is CC(C)(N)c1cn(Cc2cc(F)ccc2Cl)nn1. The number of aromatic nitrogens is 3. The molecule has 1 aromatic carbocycles. The van der Waals surface area contributed by atoms with Gasteiger partial charge >= 0.3 is 0 Å². The summed E-state index contributed by atoms with van der Waals surface area (Å²) in [6.07, 6.45) is 1.74. The molecule has 4 nitrogen and oxygen atoms in total. The number of rotatable bonds is 3. The molecule has 0 atom stereocenters. The van der Waals surface area contributed by atoms with Crippen molar-refractivity contribution in [2.75, 3.05) is 0 Å². The highest BCUT2D eigenvalue weighted by atomic mass is 35.5. The van der Waals surface area contributed by atoms with Gasteiger partial charge in [0, 0.05) is 5.02 Å². The number of hydrogen-bond acceptors (Lipinski definition) is 3. The molecule has 18 heavy (non-hydrogen) atoms. The lowest BCUT2D eigenvalue weighted by molar-refractivity contribution is 0.533. The van der Waals surface area contributed by atoms with Crippen molar-refractivity contribution in [3.8, 4) is 0 Å². The van der Waals surface area contributed by atoms with Crippen molar-refractivity contribution in [2.45, 2.75) is 25.9 Å². The first-order chi connectivity index (χ1) is 8.36. The van der Waals surface area contributed by atoms with Gasteiger partial charge in [0.15, 0.2) is 0 Å². The van der Waals surface area contributed by atoms with Crippen LogP contribution in [0.15, 0.2) is 24.4 Å². The molecule has 2 N–H and O–H groups in total. The molecular formula is C12H14ClFN4. The average Bonchev–Trinajstić information content (AvgIpc) is 2.71. The Morgan fingerprint density at radius 1 is 1.44 bits per heavy atom. The second kappa shape index (κ2) is 4.66. The van der Waals surface area contributed by atoms with Gasteiger partial charge in [-0.05, 0) is 37.6 Å². The molecule has 0 bridgehead atoms. The van der Waals surface area contributed by atoms with Gasteiger partial charge in [0.2, 0.25) is 0 Å². The van der Waals surface area contributed by atoms with Gasteiger partial charge in [-0.1, -0.05) is 16.8 Å². The Labute approximate surface area is 110 Å². The lowest BCUT2D eigenvalue weighted by Gasteiger charge is -2.13. The van der Waals surface area contributed by atoms with E-state index in [1.807, 2.05) is 13.8 Å². The maximum Gasteiger partial charge on any atom is 0.123 e. The maximum atomic E-state index is 13.1. The maximum absolute atomic E-state index is 13.1. The molecule has 0 amide bonds. The number of benzene rings is 1. The summed E-state index contributed by atoms with van der Waals surface area (Å²) < 4.78 is 14.7. The van der Waals surface area contributed by atoms with Gasteiger partial charge in [0.1, 0.15) is 11.5 Å². The topological polar surface area (TPSA) is 56.7 Å². The summed E-state index contributed by atoms with van der Waals surface area (Å²) in [5.41, 5.74) is 6.70. The zero-order valence-corrected chi connectivity index (χ0v) is 10.9. The minimum Gasteiger partial charge on any atom is -0.320 e. The van der Waals surface area contributed by atoms with E-state index in [1.54, 1.807) is 10.9 Å². The quantitative estimate of drug-likeness (QED) is 0.929. The van der Waals surface area contributed by atoms with Crippen LogP contribution in [0.1, 0.15) is 25.1 Å². The first kappa shape index (κ1) is 13.0. The molecule has 0 radical (unpaired) electrons. The molecule has 0 spiro atoms. The third-order valence-electron chi connectivity index (χ3n) is 2.54. The molecule has 2 rings (SSSR count). The zero-order chi connectivity index (χ0) is 13.3. The summed E-state index contributed by atoms with van der Waals surface area (Å²) in [6, 6.07) is 4.23. The molecule has 6 heteroatoms. The van der Waals surface area contributed by atoms with Crippen LogP contribution >= 0.6 is 11.6 Å². The highest BCUT2D eigenvalue weighted by Gasteiger charge is 2.18. The Morgan fingerprint density at radius 3 is 2.78 bits per heavy atom. The molecule has 0 aliphatic heterocycles. The zero-order valence-electron chi connectivity index (χ0n) is 10.2. The van der Waals surface area contributed by atoms with Crippen molar-refractivity contribution < 1.29 is 4.39 Å². The molecule has 1 heterocycles. The van der Waals surface area contributed by atoms with Crippen molar-refractivity contribution in [1.29, 1.82) is 0 Å². The third kappa shape index (κ3) is 2.86. The molecule has 0 aliphatic rings. The first-order valence-corrected chi connectivity index (χ1v) is 5.87. The first-order valence-electron chi connectivity index (χ1n) is 5.49. The summed E-state index contributed by atoms with van der Waals surface area (Å²) in [7, 11) is 0. The molecular weight excluding hydrogens is 255 g/mol. The summed E-state index contributed by atoms with van der Waals surface area (Å²) in [5, 5.41) is 8.44. The molecule has 0 saturated heterocycles. The molecule has 0 aliphatic carbocycles. The monoisotopic (exact) mass is 268 g/mol. The molecule has 96 valence electrons. The Hall–Kier alpha value is -1.46. The van der Waals surface area contributed by atoms with Gasteiger partial charge in [0.25, 0.3) is 0 Å². The predicted molar refractivity (Wildman–Crippen MR) is 67.7 cm³/mol. The fourth-order valence-electron chi connectivity index (χ4n) is 1.51. The van der Waals surface area contributed by atoms with Gasteiger partial charge < -0.3 is 5.73 Å². The van der Waals surface area contributed by atoms with E-state index in [1.165, 1.54) is 18.2 Å². The van der Waals surface area contributed by atoms with E-state index in [2.05, 4.69) is 10.3 Å². The fraction of sp³-hybridized carbons (Fsp3) is 0.333. The number of hydrogen-bond donors (Lipinski definition) is 1. The smallest absolute Gasteiger partial charge is 0.123 e. The van der Waals surface area contributed by atoms with E-state index >= 15 is 0 Å². The van der Waals surface area contributed by atoms with E-state index in [0.717, 1.165) is 0 Å². The summed E-state index contributed by atoms with van der Waals surface area (Å²) in [5.74, 6) is -0.325. The van der Waals surface area contributed by atoms with Crippen molar-refractivity contribution in [2.24, 2.45) is 5.73 Å². The van der Waals surface area contributed by atoms with Crippen LogP contribution in [0.5, 0.6) is 0 Å². The van der Waals surface area contributed by atoms with E-state index < -0.39 is 5.54 Å². The summed E-state index contributed by atoms with van der Waals surface area (Å²) in [6.45, 7) is 4.05. The van der Waals surface area contributed by atoms with Crippen LogP contribution in [0.2, 0.25) is 5.02 Å². The van der Waals surface area contributed by atoms with E-state index in [-0.39, 0.29) is 5.82 Å². The van der Waals surface area contributed by atoms with Crippen molar-refractivity contribution in [3.63, 3.8) is 0 Å². The van der Waals surface area contributed by atoms with Crippen LogP contribution in [0.25, 0.3) is 0 Å². The standard InChI is InChI=1S/C12H14ClFN4/c1-12(2,15)11-7-18(17-16-11)6-8-5-9(14)3-4-10(8)13/h3-5,7H,6,15H2,1-2H3. The van der Waals surface area contributed by atoms with Crippen molar-refractivity contribution in [1.82, 2.24) is 15.0 Å². The van der Waals surface area contributed by atoms with E-state index in [4.69, 9.17) is 17.3 Å². The second-order valence-corrected chi connectivity index (χ2v) is 5.17. The Bertz CT molecular complexity index is 559. The second-order valence-electron chi connectivity index (χ2n) is 4.76. The Kier molecular flexibility index (Phi) is 3.36. The van der Waals surface area contributed by atoms with Crippen LogP contribution in [0.3, 0.4) is 0 Å².